The van der Waals surface area contributed by atoms with Crippen molar-refractivity contribution in [2.24, 2.45) is 0 Å². The molecule has 0 aromatic heterocycles. The van der Waals surface area contributed by atoms with Crippen LogP contribution in [-0.4, -0.2) is 26.8 Å². The molecule has 0 saturated carbocycles. The highest BCUT2D eigenvalue weighted by molar-refractivity contribution is 4.52. The Morgan fingerprint density at radius 2 is 1.50 bits per heavy atom. The van der Waals surface area contributed by atoms with E-state index in [1.807, 2.05) is 27.9 Å². The van der Waals surface area contributed by atoms with Gasteiger partial charge in [-0.15, -0.1) is 0 Å². The highest BCUT2D eigenvalue weighted by Crippen LogP contribution is 2.04. The molecule has 0 aliphatic rings. The average Bonchev–Trinajstić information content (AvgIpc) is 2.22. The van der Waals surface area contributed by atoms with Crippen LogP contribution >= 0.6 is 0 Å². The van der Waals surface area contributed by atoms with Gasteiger partial charge in [-0.05, 0) is 33.9 Å². The molecule has 0 aliphatic carbocycles. The number of rotatable bonds is 5. The predicted molar refractivity (Wildman–Crippen MR) is 66.9 cm³/mol. The first-order chi connectivity index (χ1) is 6.76. The summed E-state index contributed by atoms with van der Waals surface area (Å²) >= 11 is 0. The Morgan fingerprint density at radius 3 is 1.71 bits per heavy atom. The van der Waals surface area contributed by atoms with Crippen molar-refractivity contribution in [3.8, 4) is 0 Å². The van der Waals surface area contributed by atoms with E-state index >= 15 is 0 Å². The molecule has 0 unspecified atom stereocenters. The van der Waals surface area contributed by atoms with Crippen LogP contribution < -0.4 is 5.32 Å². The summed E-state index contributed by atoms with van der Waals surface area (Å²) in [7, 11) is 3.75. The number of nitrogens with one attached hydrogen (secondary N) is 1. The van der Waals surface area contributed by atoms with Crippen molar-refractivity contribution in [3.05, 3.63) is 0 Å². The molecule has 0 fully saturated rings. The van der Waals surface area contributed by atoms with Gasteiger partial charge in [0.25, 0.3) is 0 Å². The minimum absolute atomic E-state index is 0.514. The van der Waals surface area contributed by atoms with Crippen LogP contribution in [0.2, 0.25) is 0 Å². The fourth-order valence-corrected chi connectivity index (χ4v) is 0.963. The Kier molecular flexibility index (Phi) is 32.1. The van der Waals surface area contributed by atoms with Gasteiger partial charge in [-0.2, -0.15) is 0 Å². The monoisotopic (exact) mass is 205 g/mol. The van der Waals surface area contributed by atoms with Crippen molar-refractivity contribution < 1.29 is 4.74 Å². The molecule has 0 amide bonds. The summed E-state index contributed by atoms with van der Waals surface area (Å²) in [6, 6.07) is 0. The Labute approximate surface area is 91.4 Å². The van der Waals surface area contributed by atoms with Crippen molar-refractivity contribution in [2.75, 3.05) is 20.7 Å². The Morgan fingerprint density at radius 1 is 1.07 bits per heavy atom. The van der Waals surface area contributed by atoms with E-state index in [1.165, 1.54) is 12.8 Å². The SMILES string of the molecule is CC.CCC[C@H](CC)OCC.CNC. The normalized spacial score (nSPS) is 10.5. The fourth-order valence-electron chi connectivity index (χ4n) is 0.963. The van der Waals surface area contributed by atoms with Crippen LogP contribution in [0.1, 0.15) is 53.9 Å². The Balaban J connectivity index is -0.000000205. The Bertz CT molecular complexity index is 61.3. The van der Waals surface area contributed by atoms with Gasteiger partial charge < -0.3 is 10.1 Å². The summed E-state index contributed by atoms with van der Waals surface area (Å²) in [6.45, 7) is 11.3. The lowest BCUT2D eigenvalue weighted by atomic mass is 10.2. The molecule has 14 heavy (non-hydrogen) atoms. The van der Waals surface area contributed by atoms with E-state index in [2.05, 4.69) is 26.1 Å². The van der Waals surface area contributed by atoms with Crippen molar-refractivity contribution >= 4 is 0 Å². The number of hydrogen-bond acceptors (Lipinski definition) is 2. The predicted octanol–water partition coefficient (Wildman–Crippen LogP) is 3.46. The van der Waals surface area contributed by atoms with Gasteiger partial charge in [-0.1, -0.05) is 34.1 Å². The molecule has 2 heteroatoms. The summed E-state index contributed by atoms with van der Waals surface area (Å²) in [4.78, 5) is 0. The fraction of sp³-hybridized carbons (Fsp3) is 1.00. The largest absolute Gasteiger partial charge is 0.379 e. The van der Waals surface area contributed by atoms with Gasteiger partial charge in [0.1, 0.15) is 0 Å². The highest BCUT2D eigenvalue weighted by Gasteiger charge is 2.01. The Hall–Kier alpha value is -0.0800. The van der Waals surface area contributed by atoms with E-state index in [0.29, 0.717) is 6.10 Å². The molecule has 2 nitrogen and oxygen atoms in total. The molecule has 0 aromatic rings. The lowest BCUT2D eigenvalue weighted by Gasteiger charge is -2.12. The first-order valence-corrected chi connectivity index (χ1v) is 5.96. The molecular weight excluding hydrogens is 174 g/mol. The van der Waals surface area contributed by atoms with Crippen molar-refractivity contribution in [1.29, 1.82) is 0 Å². The maximum Gasteiger partial charge on any atom is 0.0572 e. The number of ether oxygens (including phenoxy) is 1. The van der Waals surface area contributed by atoms with Crippen LogP contribution in [0, 0.1) is 0 Å². The van der Waals surface area contributed by atoms with Gasteiger partial charge in [0.05, 0.1) is 6.10 Å². The first-order valence-electron chi connectivity index (χ1n) is 5.96. The molecule has 0 heterocycles. The summed E-state index contributed by atoms with van der Waals surface area (Å²) in [5.41, 5.74) is 0. The van der Waals surface area contributed by atoms with E-state index in [1.54, 1.807) is 0 Å². The van der Waals surface area contributed by atoms with Crippen molar-refractivity contribution in [2.45, 2.75) is 60.0 Å². The third-order valence-corrected chi connectivity index (χ3v) is 1.47. The van der Waals surface area contributed by atoms with E-state index in [-0.39, 0.29) is 0 Å². The van der Waals surface area contributed by atoms with Crippen LogP contribution in [0.5, 0.6) is 0 Å². The molecule has 90 valence electrons. The molecule has 1 atom stereocenters. The molecule has 0 spiro atoms. The third-order valence-electron chi connectivity index (χ3n) is 1.47. The lowest BCUT2D eigenvalue weighted by molar-refractivity contribution is 0.0538. The van der Waals surface area contributed by atoms with Gasteiger partial charge in [0.15, 0.2) is 0 Å². The average molecular weight is 205 g/mol. The molecule has 1 N–H and O–H groups in total. The highest BCUT2D eigenvalue weighted by atomic mass is 16.5. The van der Waals surface area contributed by atoms with Gasteiger partial charge in [-0.3, -0.25) is 0 Å². The molecule has 0 rings (SSSR count). The standard InChI is InChI=1S/C8H18O.C2H7N.C2H6/c1-4-7-8(5-2)9-6-3;1-3-2;1-2/h8H,4-7H2,1-3H3;3H,1-2H3;1-2H3/t8-;;/m0../s1. The van der Waals surface area contributed by atoms with E-state index < -0.39 is 0 Å². The van der Waals surface area contributed by atoms with Crippen LogP contribution in [0.25, 0.3) is 0 Å². The van der Waals surface area contributed by atoms with Gasteiger partial charge >= 0.3 is 0 Å². The smallest absolute Gasteiger partial charge is 0.0572 e. The zero-order valence-electron chi connectivity index (χ0n) is 11.3. The second-order valence-electron chi connectivity index (χ2n) is 2.77. The topological polar surface area (TPSA) is 21.3 Å². The van der Waals surface area contributed by atoms with Crippen molar-refractivity contribution in [1.82, 2.24) is 5.32 Å². The molecule has 0 radical (unpaired) electrons. The minimum Gasteiger partial charge on any atom is -0.379 e. The van der Waals surface area contributed by atoms with Gasteiger partial charge in [-0.25, -0.2) is 0 Å². The van der Waals surface area contributed by atoms with Crippen LogP contribution in [0.4, 0.5) is 0 Å². The van der Waals surface area contributed by atoms with Gasteiger partial charge in [0, 0.05) is 6.61 Å². The van der Waals surface area contributed by atoms with Crippen LogP contribution in [0.3, 0.4) is 0 Å². The second kappa shape index (κ2) is 23.1. The maximum atomic E-state index is 5.43. The molecule has 0 saturated heterocycles. The third kappa shape index (κ3) is 22.7. The molecular formula is C12H31NO. The van der Waals surface area contributed by atoms with Crippen LogP contribution in [0.15, 0.2) is 0 Å². The first kappa shape index (κ1) is 19.5. The zero-order chi connectivity index (χ0) is 11.8. The van der Waals surface area contributed by atoms with Crippen LogP contribution in [-0.2, 0) is 4.74 Å². The summed E-state index contributed by atoms with van der Waals surface area (Å²) < 4.78 is 5.43. The molecule has 0 aromatic carbocycles. The lowest BCUT2D eigenvalue weighted by Crippen LogP contribution is -2.10. The van der Waals surface area contributed by atoms with Crippen molar-refractivity contribution in [3.63, 3.8) is 0 Å². The van der Waals surface area contributed by atoms with E-state index in [9.17, 15) is 0 Å². The summed E-state index contributed by atoms with van der Waals surface area (Å²) in [5.74, 6) is 0. The maximum absolute atomic E-state index is 5.43. The quantitative estimate of drug-likeness (QED) is 0.742. The zero-order valence-corrected chi connectivity index (χ0v) is 11.3. The molecule has 0 aliphatic heterocycles. The second-order valence-corrected chi connectivity index (χ2v) is 2.77. The van der Waals surface area contributed by atoms with E-state index in [0.717, 1.165) is 13.0 Å². The van der Waals surface area contributed by atoms with Gasteiger partial charge in [0.2, 0.25) is 0 Å². The molecule has 0 bridgehead atoms. The summed E-state index contributed by atoms with van der Waals surface area (Å²) in [6.07, 6.45) is 4.12. The van der Waals surface area contributed by atoms with E-state index in [4.69, 9.17) is 4.74 Å². The minimum atomic E-state index is 0.514. The number of hydrogen-bond donors (Lipinski definition) is 1. The summed E-state index contributed by atoms with van der Waals surface area (Å²) in [5, 5.41) is 2.75.